The number of amides is 1. The van der Waals surface area contributed by atoms with Crippen LogP contribution in [0.2, 0.25) is 5.02 Å². The highest BCUT2D eigenvalue weighted by atomic mass is 35.5. The number of anilines is 1. The van der Waals surface area contributed by atoms with Crippen LogP contribution >= 0.6 is 11.6 Å². The summed E-state index contributed by atoms with van der Waals surface area (Å²) in [5.74, 6) is -0.964. The first kappa shape index (κ1) is 22.8. The van der Waals surface area contributed by atoms with Crippen LogP contribution in [0.5, 0.6) is 0 Å². The van der Waals surface area contributed by atoms with Crippen LogP contribution in [0.15, 0.2) is 24.3 Å². The lowest BCUT2D eigenvalue weighted by Crippen LogP contribution is -2.26. The minimum atomic E-state index is -4.73. The number of halogens is 5. The monoisotopic (exact) mass is 457 g/mol. The third-order valence-electron chi connectivity index (χ3n) is 5.00. The van der Waals surface area contributed by atoms with Crippen LogP contribution in [0.4, 0.5) is 23.2 Å². The van der Waals surface area contributed by atoms with E-state index in [0.717, 1.165) is 4.68 Å². The van der Waals surface area contributed by atoms with Crippen molar-refractivity contribution in [2.45, 2.75) is 46.5 Å². The van der Waals surface area contributed by atoms with E-state index in [4.69, 9.17) is 11.6 Å². The summed E-state index contributed by atoms with van der Waals surface area (Å²) in [7, 11) is 0. The predicted octanol–water partition coefficient (Wildman–Crippen LogP) is 5.06. The number of benzene rings is 1. The highest BCUT2D eigenvalue weighted by Gasteiger charge is 2.39. The third kappa shape index (κ3) is 4.43. The first-order chi connectivity index (χ1) is 14.4. The van der Waals surface area contributed by atoms with Crippen LogP contribution in [0.1, 0.15) is 41.3 Å². The van der Waals surface area contributed by atoms with E-state index in [-0.39, 0.29) is 18.1 Å². The smallest absolute Gasteiger partial charge is 0.321 e. The van der Waals surface area contributed by atoms with Gasteiger partial charge in [0.25, 0.3) is 0 Å². The molecule has 0 radical (unpaired) electrons. The molecule has 31 heavy (non-hydrogen) atoms. The largest absolute Gasteiger partial charge is 0.436 e. The number of rotatable bonds is 5. The number of nitrogens with one attached hydrogen (secondary N) is 1. The molecule has 0 aliphatic heterocycles. The van der Waals surface area contributed by atoms with E-state index in [9.17, 15) is 22.4 Å². The normalized spacial score (nSPS) is 12.8. The highest BCUT2D eigenvalue weighted by molar-refractivity contribution is 6.32. The van der Waals surface area contributed by atoms with Gasteiger partial charge in [-0.2, -0.15) is 23.4 Å². The summed E-state index contributed by atoms with van der Waals surface area (Å²) >= 11 is 5.77. The van der Waals surface area contributed by atoms with Crippen LogP contribution in [0.25, 0.3) is 0 Å². The van der Waals surface area contributed by atoms with Crippen molar-refractivity contribution in [3.63, 3.8) is 0 Å². The van der Waals surface area contributed by atoms with Gasteiger partial charge in [0, 0.05) is 5.56 Å². The maximum atomic E-state index is 14.0. The number of carbonyl (C=O) groups is 1. The van der Waals surface area contributed by atoms with Crippen molar-refractivity contribution in [2.75, 3.05) is 5.32 Å². The average molecular weight is 458 g/mol. The Balaban J connectivity index is 1.84. The van der Waals surface area contributed by atoms with Crippen LogP contribution in [0.3, 0.4) is 0 Å². The molecule has 1 unspecified atom stereocenters. The Labute approximate surface area is 180 Å². The molecular formula is C20H20ClF4N5O. The van der Waals surface area contributed by atoms with E-state index >= 15 is 0 Å². The molecule has 3 rings (SSSR count). The molecule has 0 bridgehead atoms. The summed E-state index contributed by atoms with van der Waals surface area (Å²) < 4.78 is 55.7. The molecule has 2 aromatic heterocycles. The Morgan fingerprint density at radius 1 is 1.16 bits per heavy atom. The summed E-state index contributed by atoms with van der Waals surface area (Å²) in [6, 6.07) is 5.21. The van der Waals surface area contributed by atoms with Gasteiger partial charge in [0.2, 0.25) is 5.91 Å². The molecule has 0 fully saturated rings. The van der Waals surface area contributed by atoms with Crippen molar-refractivity contribution in [1.29, 1.82) is 0 Å². The van der Waals surface area contributed by atoms with Crippen LogP contribution < -0.4 is 5.32 Å². The SMILES string of the molecule is Cc1nn(Cc2ccccc2F)c(C)c1NC(=O)C(C)n1nc(C(F)(F)F)c(Cl)c1C. The van der Waals surface area contributed by atoms with Crippen molar-refractivity contribution in [1.82, 2.24) is 19.6 Å². The maximum Gasteiger partial charge on any atom is 0.436 e. The Morgan fingerprint density at radius 2 is 1.81 bits per heavy atom. The van der Waals surface area contributed by atoms with Crippen molar-refractivity contribution in [3.8, 4) is 0 Å². The van der Waals surface area contributed by atoms with Crippen molar-refractivity contribution in [2.24, 2.45) is 0 Å². The molecule has 0 aliphatic rings. The molecule has 3 aromatic rings. The fourth-order valence-corrected chi connectivity index (χ4v) is 3.45. The van der Waals surface area contributed by atoms with E-state index < -0.39 is 28.8 Å². The second-order valence-electron chi connectivity index (χ2n) is 7.15. The molecule has 0 spiro atoms. The quantitative estimate of drug-likeness (QED) is 0.544. The van der Waals surface area contributed by atoms with Crippen molar-refractivity contribution in [3.05, 3.63) is 63.4 Å². The van der Waals surface area contributed by atoms with Gasteiger partial charge in [-0.05, 0) is 33.8 Å². The molecule has 0 saturated heterocycles. The van der Waals surface area contributed by atoms with Gasteiger partial charge in [-0.3, -0.25) is 14.2 Å². The lowest BCUT2D eigenvalue weighted by atomic mass is 10.2. The predicted molar refractivity (Wildman–Crippen MR) is 108 cm³/mol. The molecular weight excluding hydrogens is 438 g/mol. The molecule has 1 atom stereocenters. The Hall–Kier alpha value is -2.88. The van der Waals surface area contributed by atoms with E-state index in [1.165, 1.54) is 19.9 Å². The average Bonchev–Trinajstić information content (AvgIpc) is 3.13. The number of alkyl halides is 3. The summed E-state index contributed by atoms with van der Waals surface area (Å²) in [5.41, 5.74) is 0.686. The zero-order valence-corrected chi connectivity index (χ0v) is 17.9. The first-order valence-electron chi connectivity index (χ1n) is 9.31. The number of aryl methyl sites for hydroxylation is 1. The molecule has 6 nitrogen and oxygen atoms in total. The van der Waals surface area contributed by atoms with E-state index in [1.54, 1.807) is 36.7 Å². The fourth-order valence-electron chi connectivity index (χ4n) is 3.22. The van der Waals surface area contributed by atoms with Crippen molar-refractivity contribution < 1.29 is 22.4 Å². The number of hydrogen-bond acceptors (Lipinski definition) is 3. The minimum absolute atomic E-state index is 0.0281. The molecule has 166 valence electrons. The zero-order chi connectivity index (χ0) is 23.1. The standard InChI is InChI=1S/C20H20ClF4N5O/c1-10-17(12(3)29(27-10)9-14-7-5-6-8-15(14)22)26-19(31)13(4)30-11(2)16(21)18(28-30)20(23,24)25/h5-8,13H,9H2,1-4H3,(H,26,31). The summed E-state index contributed by atoms with van der Waals surface area (Å²) in [6.45, 7) is 6.31. The van der Waals surface area contributed by atoms with Gasteiger partial charge in [-0.25, -0.2) is 4.39 Å². The lowest BCUT2D eigenvalue weighted by Gasteiger charge is -2.15. The van der Waals surface area contributed by atoms with Gasteiger partial charge < -0.3 is 5.32 Å². The van der Waals surface area contributed by atoms with E-state index in [1.807, 2.05) is 0 Å². The highest BCUT2D eigenvalue weighted by Crippen LogP contribution is 2.36. The molecule has 11 heteroatoms. The summed E-state index contributed by atoms with van der Waals surface area (Å²) in [4.78, 5) is 12.8. The lowest BCUT2D eigenvalue weighted by molar-refractivity contribution is -0.141. The van der Waals surface area contributed by atoms with Gasteiger partial charge in [-0.1, -0.05) is 29.8 Å². The third-order valence-corrected chi connectivity index (χ3v) is 5.45. The molecule has 1 aromatic carbocycles. The van der Waals surface area contributed by atoms with Gasteiger partial charge in [0.1, 0.15) is 11.9 Å². The topological polar surface area (TPSA) is 64.7 Å². The Kier molecular flexibility index (Phi) is 6.13. The second kappa shape index (κ2) is 8.33. The molecule has 0 saturated carbocycles. The van der Waals surface area contributed by atoms with Crippen molar-refractivity contribution >= 4 is 23.2 Å². The summed E-state index contributed by atoms with van der Waals surface area (Å²) in [6.07, 6.45) is -4.73. The number of aromatic nitrogens is 4. The van der Waals surface area contributed by atoms with Gasteiger partial charge in [0.05, 0.1) is 34.3 Å². The van der Waals surface area contributed by atoms with Gasteiger partial charge in [0.15, 0.2) is 5.69 Å². The minimum Gasteiger partial charge on any atom is -0.321 e. The molecule has 1 N–H and O–H groups in total. The summed E-state index contributed by atoms with van der Waals surface area (Å²) in [5, 5.41) is 9.98. The van der Waals surface area contributed by atoms with Gasteiger partial charge in [-0.15, -0.1) is 0 Å². The fraction of sp³-hybridized carbons (Fsp3) is 0.350. The molecule has 0 aliphatic carbocycles. The van der Waals surface area contributed by atoms with Crippen LogP contribution in [-0.4, -0.2) is 25.5 Å². The Bertz CT molecular complexity index is 1140. The first-order valence-corrected chi connectivity index (χ1v) is 9.69. The van der Waals surface area contributed by atoms with Gasteiger partial charge >= 0.3 is 6.18 Å². The molecule has 2 heterocycles. The number of hydrogen-bond donors (Lipinski definition) is 1. The second-order valence-corrected chi connectivity index (χ2v) is 7.53. The molecule has 1 amide bonds. The van der Waals surface area contributed by atoms with E-state index in [0.29, 0.717) is 22.6 Å². The van der Waals surface area contributed by atoms with Crippen LogP contribution in [0, 0.1) is 26.6 Å². The maximum absolute atomic E-state index is 14.0. The van der Waals surface area contributed by atoms with Crippen LogP contribution in [-0.2, 0) is 17.5 Å². The van der Waals surface area contributed by atoms with E-state index in [2.05, 4.69) is 15.5 Å². The Morgan fingerprint density at radius 3 is 2.39 bits per heavy atom. The number of nitrogens with zero attached hydrogens (tertiary/aromatic N) is 4. The zero-order valence-electron chi connectivity index (χ0n) is 17.2. The number of carbonyl (C=O) groups excluding carboxylic acids is 1.